The Morgan fingerprint density at radius 2 is 2.14 bits per heavy atom. The van der Waals surface area contributed by atoms with Gasteiger partial charge in [0.15, 0.2) is 0 Å². The Bertz CT molecular complexity index is 914. The van der Waals surface area contributed by atoms with Crippen LogP contribution in [0.5, 0.6) is 0 Å². The van der Waals surface area contributed by atoms with Gasteiger partial charge in [-0.05, 0) is 18.2 Å². The summed E-state index contributed by atoms with van der Waals surface area (Å²) in [5, 5.41) is 8.96. The third-order valence-electron chi connectivity index (χ3n) is 4.68. The topological polar surface area (TPSA) is 82.4 Å². The number of nitriles is 1. The summed E-state index contributed by atoms with van der Waals surface area (Å²) < 4.78 is 45.1. The lowest BCUT2D eigenvalue weighted by molar-refractivity contribution is -0.137. The number of halogens is 3. The van der Waals surface area contributed by atoms with Crippen molar-refractivity contribution in [2.24, 2.45) is 0 Å². The second kappa shape index (κ2) is 8.45. The number of benzene rings is 1. The van der Waals surface area contributed by atoms with Crippen LogP contribution in [0.2, 0.25) is 0 Å². The lowest BCUT2D eigenvalue weighted by Gasteiger charge is -2.42. The van der Waals surface area contributed by atoms with Crippen LogP contribution in [0.4, 0.5) is 18.9 Å². The van der Waals surface area contributed by atoms with Crippen molar-refractivity contribution in [1.82, 2.24) is 14.9 Å². The zero-order chi connectivity index (χ0) is 21.0. The number of piperazine rings is 1. The summed E-state index contributed by atoms with van der Waals surface area (Å²) in [5.74, 6) is -0.310. The van der Waals surface area contributed by atoms with Crippen LogP contribution in [0.1, 0.15) is 21.6 Å². The SMILES string of the molecule is COCC1CN(c2ccc(C#N)c(C(F)(F)F)c2)CCN1C(=O)c1cnccn1. The van der Waals surface area contributed by atoms with E-state index in [1.54, 1.807) is 15.9 Å². The highest BCUT2D eigenvalue weighted by Crippen LogP contribution is 2.35. The predicted molar refractivity (Wildman–Crippen MR) is 97.1 cm³/mol. The van der Waals surface area contributed by atoms with E-state index in [0.717, 1.165) is 6.07 Å². The first-order valence-electron chi connectivity index (χ1n) is 8.77. The largest absolute Gasteiger partial charge is 0.417 e. The number of alkyl halides is 3. The van der Waals surface area contributed by atoms with E-state index in [2.05, 4.69) is 9.97 Å². The van der Waals surface area contributed by atoms with Crippen molar-refractivity contribution >= 4 is 11.6 Å². The molecule has 0 N–H and O–H groups in total. The summed E-state index contributed by atoms with van der Waals surface area (Å²) in [6.45, 7) is 1.11. The van der Waals surface area contributed by atoms with Crippen molar-refractivity contribution in [1.29, 1.82) is 5.26 Å². The molecule has 0 bridgehead atoms. The highest BCUT2D eigenvalue weighted by atomic mass is 19.4. The average molecular weight is 405 g/mol. The van der Waals surface area contributed by atoms with Crippen LogP contribution in [0, 0.1) is 11.3 Å². The molecule has 10 heteroatoms. The Kier molecular flexibility index (Phi) is 5.98. The minimum absolute atomic E-state index is 0.194. The molecule has 7 nitrogen and oxygen atoms in total. The van der Waals surface area contributed by atoms with Crippen LogP contribution in [0.15, 0.2) is 36.8 Å². The second-order valence-electron chi connectivity index (χ2n) is 6.48. The molecule has 2 heterocycles. The molecule has 1 amide bonds. The Balaban J connectivity index is 1.84. The van der Waals surface area contributed by atoms with E-state index in [1.165, 1.54) is 37.8 Å². The van der Waals surface area contributed by atoms with Gasteiger partial charge in [0.1, 0.15) is 5.69 Å². The Labute approximate surface area is 165 Å². The van der Waals surface area contributed by atoms with Crippen LogP contribution < -0.4 is 4.90 Å². The van der Waals surface area contributed by atoms with Crippen LogP contribution in [0.3, 0.4) is 0 Å². The van der Waals surface area contributed by atoms with Gasteiger partial charge in [0, 0.05) is 44.8 Å². The van der Waals surface area contributed by atoms with Crippen molar-refractivity contribution in [2.75, 3.05) is 38.3 Å². The lowest BCUT2D eigenvalue weighted by atomic mass is 10.0. The van der Waals surface area contributed by atoms with Gasteiger partial charge in [-0.3, -0.25) is 9.78 Å². The molecule has 0 aliphatic carbocycles. The molecule has 1 aliphatic rings. The van der Waals surface area contributed by atoms with Crippen LogP contribution in [-0.4, -0.2) is 60.2 Å². The fraction of sp³-hybridized carbons (Fsp3) is 0.368. The average Bonchev–Trinajstić information content (AvgIpc) is 2.73. The number of hydrogen-bond donors (Lipinski definition) is 0. The highest BCUT2D eigenvalue weighted by molar-refractivity contribution is 5.92. The van der Waals surface area contributed by atoms with Crippen LogP contribution in [0.25, 0.3) is 0 Å². The molecule has 1 unspecified atom stereocenters. The van der Waals surface area contributed by atoms with Gasteiger partial charge in [-0.1, -0.05) is 0 Å². The zero-order valence-electron chi connectivity index (χ0n) is 15.6. The molecule has 3 rings (SSSR count). The minimum atomic E-state index is -4.63. The first-order chi connectivity index (χ1) is 13.8. The van der Waals surface area contributed by atoms with Crippen LogP contribution in [-0.2, 0) is 10.9 Å². The van der Waals surface area contributed by atoms with E-state index in [9.17, 15) is 18.0 Å². The fourth-order valence-electron chi connectivity index (χ4n) is 3.31. The van der Waals surface area contributed by atoms with Gasteiger partial charge < -0.3 is 14.5 Å². The van der Waals surface area contributed by atoms with Gasteiger partial charge in [-0.15, -0.1) is 0 Å². The molecule has 0 radical (unpaired) electrons. The quantitative estimate of drug-likeness (QED) is 0.777. The van der Waals surface area contributed by atoms with E-state index in [-0.39, 0.29) is 37.3 Å². The summed E-state index contributed by atoms with van der Waals surface area (Å²) in [4.78, 5) is 24.0. The number of carbonyl (C=O) groups is 1. The first-order valence-corrected chi connectivity index (χ1v) is 8.77. The van der Waals surface area contributed by atoms with Crippen molar-refractivity contribution in [3.63, 3.8) is 0 Å². The zero-order valence-corrected chi connectivity index (χ0v) is 15.6. The maximum absolute atomic E-state index is 13.3. The standard InChI is InChI=1S/C19H18F3N5O2/c1-29-12-15-11-26(6-7-27(15)18(28)17-10-24-4-5-25-17)14-3-2-13(9-23)16(8-14)19(20,21)22/h2-5,8,10,15H,6-7,11-12H2,1H3. The molecule has 0 spiro atoms. The number of anilines is 1. The summed E-state index contributed by atoms with van der Waals surface area (Å²) >= 11 is 0. The number of nitrogens with zero attached hydrogens (tertiary/aromatic N) is 5. The molecule has 1 aromatic carbocycles. The Morgan fingerprint density at radius 1 is 1.34 bits per heavy atom. The summed E-state index contributed by atoms with van der Waals surface area (Å²) in [6, 6.07) is 4.82. The van der Waals surface area contributed by atoms with E-state index >= 15 is 0 Å². The first kappa shape index (κ1) is 20.5. The van der Waals surface area contributed by atoms with Gasteiger partial charge in [-0.2, -0.15) is 18.4 Å². The number of ether oxygens (including phenoxy) is 1. The minimum Gasteiger partial charge on any atom is -0.382 e. The van der Waals surface area contributed by atoms with Crippen molar-refractivity contribution < 1.29 is 22.7 Å². The number of carbonyl (C=O) groups excluding carboxylic acids is 1. The van der Waals surface area contributed by atoms with Crippen molar-refractivity contribution in [3.05, 3.63) is 53.6 Å². The smallest absolute Gasteiger partial charge is 0.382 e. The molecule has 1 saturated heterocycles. The number of aromatic nitrogens is 2. The lowest BCUT2D eigenvalue weighted by Crippen LogP contribution is -2.57. The summed E-state index contributed by atoms with van der Waals surface area (Å²) in [7, 11) is 1.49. The van der Waals surface area contributed by atoms with E-state index < -0.39 is 17.3 Å². The summed E-state index contributed by atoms with van der Waals surface area (Å²) in [6.07, 6.45) is -0.375. The third kappa shape index (κ3) is 4.46. The number of rotatable bonds is 4. The molecule has 2 aromatic rings. The highest BCUT2D eigenvalue weighted by Gasteiger charge is 2.36. The van der Waals surface area contributed by atoms with Gasteiger partial charge in [0.05, 0.1) is 36.0 Å². The van der Waals surface area contributed by atoms with Crippen LogP contribution >= 0.6 is 0 Å². The van der Waals surface area contributed by atoms with Gasteiger partial charge in [-0.25, -0.2) is 4.98 Å². The van der Waals surface area contributed by atoms with E-state index in [1.807, 2.05) is 0 Å². The Hall–Kier alpha value is -3.19. The van der Waals surface area contributed by atoms with Gasteiger partial charge in [0.2, 0.25) is 0 Å². The van der Waals surface area contributed by atoms with Crippen molar-refractivity contribution in [2.45, 2.75) is 12.2 Å². The maximum atomic E-state index is 13.3. The monoisotopic (exact) mass is 405 g/mol. The summed E-state index contributed by atoms with van der Waals surface area (Å²) in [5.41, 5.74) is -0.867. The number of amides is 1. The molecule has 1 fully saturated rings. The molecule has 1 aliphatic heterocycles. The number of hydrogen-bond acceptors (Lipinski definition) is 6. The molecule has 1 atom stereocenters. The van der Waals surface area contributed by atoms with Gasteiger partial charge >= 0.3 is 6.18 Å². The fourth-order valence-corrected chi connectivity index (χ4v) is 3.31. The normalized spacial score (nSPS) is 17.1. The molecule has 0 saturated carbocycles. The molecule has 152 valence electrons. The van der Waals surface area contributed by atoms with E-state index in [0.29, 0.717) is 12.2 Å². The number of methoxy groups -OCH3 is 1. The Morgan fingerprint density at radius 3 is 2.76 bits per heavy atom. The van der Waals surface area contributed by atoms with Crippen molar-refractivity contribution in [3.8, 4) is 6.07 Å². The predicted octanol–water partition coefficient (Wildman–Crippen LogP) is 2.34. The molecular formula is C19H18F3N5O2. The third-order valence-corrected chi connectivity index (χ3v) is 4.68. The van der Waals surface area contributed by atoms with Gasteiger partial charge in [0.25, 0.3) is 5.91 Å². The molecule has 1 aromatic heterocycles. The second-order valence-corrected chi connectivity index (χ2v) is 6.48. The maximum Gasteiger partial charge on any atom is 0.417 e. The molecular weight excluding hydrogens is 387 g/mol. The molecule has 29 heavy (non-hydrogen) atoms. The van der Waals surface area contributed by atoms with E-state index in [4.69, 9.17) is 10.00 Å².